The molecule has 0 saturated carbocycles. The van der Waals surface area contributed by atoms with Crippen molar-refractivity contribution in [1.82, 2.24) is 30.1 Å². The number of furan rings is 1. The quantitative estimate of drug-likeness (QED) is 0.449. The Hall–Kier alpha value is -3.40. The number of nitrogens with one attached hydrogen (secondary N) is 2. The molecule has 0 aromatic carbocycles. The summed E-state index contributed by atoms with van der Waals surface area (Å²) in [6.45, 7) is 2.90. The number of nitrogen functional groups attached to an aromatic ring is 1. The number of rotatable bonds is 6. The van der Waals surface area contributed by atoms with Crippen LogP contribution >= 0.6 is 0 Å². The minimum atomic E-state index is 0.0869. The SMILES string of the molecule is Cc1cc(CC(Nc2cc3nc(-c4ccco4)nn3c(N)n2)C2CCCN2)no1. The Balaban J connectivity index is 1.44. The highest BCUT2D eigenvalue weighted by atomic mass is 16.5. The van der Waals surface area contributed by atoms with Crippen molar-refractivity contribution >= 4 is 17.4 Å². The minimum Gasteiger partial charge on any atom is -0.461 e. The van der Waals surface area contributed by atoms with E-state index in [1.807, 2.05) is 19.1 Å². The number of nitrogens with zero attached hydrogens (tertiary/aromatic N) is 5. The average molecular weight is 394 g/mol. The Morgan fingerprint density at radius 2 is 2.31 bits per heavy atom. The third-order valence-electron chi connectivity index (χ3n) is 5.11. The van der Waals surface area contributed by atoms with Gasteiger partial charge in [-0.25, -0.2) is 4.98 Å². The van der Waals surface area contributed by atoms with E-state index in [4.69, 9.17) is 14.7 Å². The van der Waals surface area contributed by atoms with Crippen LogP contribution in [-0.2, 0) is 6.42 Å². The number of anilines is 2. The van der Waals surface area contributed by atoms with Gasteiger partial charge in [0, 0.05) is 30.6 Å². The number of nitrogens with two attached hydrogens (primary N) is 1. The summed E-state index contributed by atoms with van der Waals surface area (Å²) in [5, 5.41) is 15.6. The summed E-state index contributed by atoms with van der Waals surface area (Å²) in [4.78, 5) is 9.00. The number of hydrogen-bond donors (Lipinski definition) is 3. The molecule has 0 aliphatic carbocycles. The van der Waals surface area contributed by atoms with Crippen LogP contribution in [0.3, 0.4) is 0 Å². The zero-order valence-electron chi connectivity index (χ0n) is 16.0. The summed E-state index contributed by atoms with van der Waals surface area (Å²) >= 11 is 0. The summed E-state index contributed by atoms with van der Waals surface area (Å²) in [5.41, 5.74) is 7.65. The maximum atomic E-state index is 6.14. The molecule has 150 valence electrons. The minimum absolute atomic E-state index is 0.0869. The summed E-state index contributed by atoms with van der Waals surface area (Å²) in [5.74, 6) is 2.75. The maximum Gasteiger partial charge on any atom is 0.225 e. The van der Waals surface area contributed by atoms with Gasteiger partial charge < -0.3 is 25.3 Å². The van der Waals surface area contributed by atoms with Crippen LogP contribution in [-0.4, -0.2) is 43.4 Å². The van der Waals surface area contributed by atoms with Crippen LogP contribution in [0.25, 0.3) is 17.2 Å². The maximum absolute atomic E-state index is 6.14. The lowest BCUT2D eigenvalue weighted by Crippen LogP contribution is -2.42. The standard InChI is InChI=1S/C19H22N8O2/c1-11-8-12(26-29-11)9-14(13-4-2-6-21-13)22-16-10-17-24-18(15-5-3-7-28-15)25-27(17)19(20)23-16/h3,5,7-8,10,13-14,21-22H,2,4,6,9H2,1H3,(H2,20,23). The van der Waals surface area contributed by atoms with Gasteiger partial charge >= 0.3 is 0 Å². The molecule has 1 fully saturated rings. The highest BCUT2D eigenvalue weighted by molar-refractivity contribution is 5.59. The van der Waals surface area contributed by atoms with Gasteiger partial charge in [0.25, 0.3) is 0 Å². The Morgan fingerprint density at radius 1 is 1.38 bits per heavy atom. The van der Waals surface area contributed by atoms with E-state index in [1.54, 1.807) is 18.4 Å². The van der Waals surface area contributed by atoms with Crippen LogP contribution in [0.15, 0.2) is 39.5 Å². The third kappa shape index (κ3) is 3.54. The molecule has 0 radical (unpaired) electrons. The average Bonchev–Trinajstić information content (AvgIpc) is 3.48. The number of hydrogen-bond acceptors (Lipinski definition) is 9. The Morgan fingerprint density at radius 3 is 3.03 bits per heavy atom. The summed E-state index contributed by atoms with van der Waals surface area (Å²) < 4.78 is 12.1. The molecule has 5 rings (SSSR count). The van der Waals surface area contributed by atoms with Crippen molar-refractivity contribution in [2.24, 2.45) is 0 Å². The van der Waals surface area contributed by atoms with Crippen molar-refractivity contribution in [2.75, 3.05) is 17.6 Å². The van der Waals surface area contributed by atoms with Gasteiger partial charge in [-0.3, -0.25) is 0 Å². The van der Waals surface area contributed by atoms with E-state index in [9.17, 15) is 0 Å². The fourth-order valence-corrected chi connectivity index (χ4v) is 3.77. The van der Waals surface area contributed by atoms with E-state index in [1.165, 1.54) is 4.52 Å². The second-order valence-corrected chi connectivity index (χ2v) is 7.27. The lowest BCUT2D eigenvalue weighted by atomic mass is 10.0. The molecule has 10 heteroatoms. The number of aromatic nitrogens is 5. The van der Waals surface area contributed by atoms with Gasteiger partial charge in [0.15, 0.2) is 11.4 Å². The number of fused-ring (bicyclic) bond motifs is 1. The lowest BCUT2D eigenvalue weighted by molar-refractivity contribution is 0.386. The zero-order chi connectivity index (χ0) is 19.8. The molecule has 4 N–H and O–H groups in total. The first kappa shape index (κ1) is 17.7. The van der Waals surface area contributed by atoms with Gasteiger partial charge in [0.1, 0.15) is 11.6 Å². The van der Waals surface area contributed by atoms with Gasteiger partial charge in [-0.2, -0.15) is 9.50 Å². The van der Waals surface area contributed by atoms with Crippen LogP contribution in [0.1, 0.15) is 24.3 Å². The van der Waals surface area contributed by atoms with E-state index in [0.717, 1.165) is 30.8 Å². The molecule has 0 amide bonds. The molecule has 0 bridgehead atoms. The molecule has 1 aliphatic heterocycles. The van der Waals surface area contributed by atoms with Crippen LogP contribution in [0.4, 0.5) is 11.8 Å². The molecule has 0 spiro atoms. The van der Waals surface area contributed by atoms with Gasteiger partial charge in [-0.1, -0.05) is 5.16 Å². The molecule has 5 heterocycles. The van der Waals surface area contributed by atoms with Crippen molar-refractivity contribution in [2.45, 2.75) is 38.3 Å². The number of aryl methyl sites for hydroxylation is 1. The van der Waals surface area contributed by atoms with Crippen molar-refractivity contribution in [3.05, 3.63) is 42.0 Å². The first-order valence-corrected chi connectivity index (χ1v) is 9.65. The second-order valence-electron chi connectivity index (χ2n) is 7.27. The Bertz CT molecular complexity index is 1110. The van der Waals surface area contributed by atoms with E-state index in [2.05, 4.69) is 30.9 Å². The summed E-state index contributed by atoms with van der Waals surface area (Å²) in [6.07, 6.45) is 4.53. The molecule has 4 aromatic rings. The third-order valence-corrected chi connectivity index (χ3v) is 5.11. The predicted molar refractivity (Wildman–Crippen MR) is 106 cm³/mol. The smallest absolute Gasteiger partial charge is 0.225 e. The van der Waals surface area contributed by atoms with Gasteiger partial charge in [-0.05, 0) is 38.4 Å². The highest BCUT2D eigenvalue weighted by Crippen LogP contribution is 2.22. The molecule has 1 aliphatic rings. The molecule has 4 aromatic heterocycles. The van der Waals surface area contributed by atoms with Crippen molar-refractivity contribution < 1.29 is 8.94 Å². The fourth-order valence-electron chi connectivity index (χ4n) is 3.77. The molecular formula is C19H22N8O2. The van der Waals surface area contributed by atoms with Crippen LogP contribution in [0.2, 0.25) is 0 Å². The monoisotopic (exact) mass is 394 g/mol. The Labute approximate surface area is 166 Å². The highest BCUT2D eigenvalue weighted by Gasteiger charge is 2.26. The Kier molecular flexibility index (Phi) is 4.39. The molecule has 2 atom stereocenters. The van der Waals surface area contributed by atoms with E-state index >= 15 is 0 Å². The predicted octanol–water partition coefficient (Wildman–Crippen LogP) is 2.04. The van der Waals surface area contributed by atoms with Crippen LogP contribution < -0.4 is 16.4 Å². The van der Waals surface area contributed by atoms with Crippen molar-refractivity contribution in [3.8, 4) is 11.6 Å². The summed E-state index contributed by atoms with van der Waals surface area (Å²) in [7, 11) is 0. The molecule has 10 nitrogen and oxygen atoms in total. The first-order chi connectivity index (χ1) is 14.2. The van der Waals surface area contributed by atoms with E-state index in [-0.39, 0.29) is 12.0 Å². The molecular weight excluding hydrogens is 372 g/mol. The molecule has 2 unspecified atom stereocenters. The van der Waals surface area contributed by atoms with E-state index in [0.29, 0.717) is 35.5 Å². The normalized spacial score (nSPS) is 17.8. The van der Waals surface area contributed by atoms with Gasteiger partial charge in [0.05, 0.1) is 12.0 Å². The van der Waals surface area contributed by atoms with Crippen molar-refractivity contribution in [1.29, 1.82) is 0 Å². The first-order valence-electron chi connectivity index (χ1n) is 9.65. The van der Waals surface area contributed by atoms with Crippen LogP contribution in [0, 0.1) is 6.92 Å². The molecule has 29 heavy (non-hydrogen) atoms. The largest absolute Gasteiger partial charge is 0.461 e. The van der Waals surface area contributed by atoms with E-state index < -0.39 is 0 Å². The zero-order valence-corrected chi connectivity index (χ0v) is 16.0. The second kappa shape index (κ2) is 7.21. The molecule has 1 saturated heterocycles. The lowest BCUT2D eigenvalue weighted by Gasteiger charge is -2.25. The van der Waals surface area contributed by atoms with Crippen LogP contribution in [0.5, 0.6) is 0 Å². The summed E-state index contributed by atoms with van der Waals surface area (Å²) in [6, 6.07) is 7.79. The fraction of sp³-hybridized carbons (Fsp3) is 0.368. The topological polar surface area (TPSA) is 132 Å². The van der Waals surface area contributed by atoms with Gasteiger partial charge in [0.2, 0.25) is 11.8 Å². The van der Waals surface area contributed by atoms with Crippen molar-refractivity contribution in [3.63, 3.8) is 0 Å². The van der Waals surface area contributed by atoms with Gasteiger partial charge in [-0.15, -0.1) is 5.10 Å².